The Morgan fingerprint density at radius 1 is 0.609 bits per heavy atom. The van der Waals surface area contributed by atoms with Gasteiger partial charge in [-0.1, -0.05) is 0 Å². The van der Waals surface area contributed by atoms with E-state index < -0.39 is 67.1 Å². The quantitative estimate of drug-likeness (QED) is 0.0298. The molecule has 0 radical (unpaired) electrons. The first-order valence-corrected chi connectivity index (χ1v) is 15.2. The van der Waals surface area contributed by atoms with Crippen molar-refractivity contribution in [2.24, 2.45) is 0 Å². The normalized spacial score (nSPS) is 16.0. The Kier molecular flexibility index (Phi) is 23.5. The van der Waals surface area contributed by atoms with Gasteiger partial charge in [0.25, 0.3) is 0 Å². The van der Waals surface area contributed by atoms with E-state index in [0.717, 1.165) is 0 Å². The van der Waals surface area contributed by atoms with Crippen molar-refractivity contribution in [2.45, 2.75) is 108 Å². The number of carbonyl (C=O) groups excluding carboxylic acids is 3. The van der Waals surface area contributed by atoms with E-state index >= 15 is 0 Å². The van der Waals surface area contributed by atoms with Gasteiger partial charge in [-0.2, -0.15) is 0 Å². The molecule has 0 saturated carbocycles. The second kappa shape index (κ2) is 25.1. The Morgan fingerprint density at radius 2 is 1.07 bits per heavy atom. The molecular formula is C29H52N2O15. The van der Waals surface area contributed by atoms with Gasteiger partial charge in [0.15, 0.2) is 28.8 Å². The maximum atomic E-state index is 12.3. The highest BCUT2D eigenvalue weighted by Crippen LogP contribution is 2.14. The minimum Gasteiger partial charge on any atom is -0.506 e. The van der Waals surface area contributed by atoms with Crippen molar-refractivity contribution in [2.75, 3.05) is 33.0 Å². The molecule has 0 bridgehead atoms. The summed E-state index contributed by atoms with van der Waals surface area (Å²) in [6, 6.07) is -0.693. The maximum Gasteiger partial charge on any atom is 0.220 e. The van der Waals surface area contributed by atoms with Crippen LogP contribution in [0.3, 0.4) is 0 Å². The minimum atomic E-state index is -1.89. The molecule has 5 atom stereocenters. The molecule has 2 amide bonds. The Balaban J connectivity index is 4.16. The van der Waals surface area contributed by atoms with Crippen molar-refractivity contribution >= 4 is 17.6 Å². The number of rotatable bonds is 27. The predicted octanol–water partition coefficient (Wildman–Crippen LogP) is -0.501. The van der Waals surface area contributed by atoms with E-state index in [2.05, 4.69) is 10.6 Å². The van der Waals surface area contributed by atoms with Crippen molar-refractivity contribution < 1.29 is 74.9 Å². The third-order valence-corrected chi connectivity index (χ3v) is 6.64. The monoisotopic (exact) mass is 668 g/mol. The number of amides is 2. The smallest absolute Gasteiger partial charge is 0.220 e. The highest BCUT2D eigenvalue weighted by molar-refractivity contribution is 5.87. The molecule has 17 heteroatoms. The van der Waals surface area contributed by atoms with E-state index in [1.165, 1.54) is 6.92 Å². The lowest BCUT2D eigenvalue weighted by atomic mass is 10.1. The lowest BCUT2D eigenvalue weighted by molar-refractivity contribution is -0.127. The van der Waals surface area contributed by atoms with Crippen molar-refractivity contribution in [3.63, 3.8) is 0 Å². The maximum absolute atomic E-state index is 12.3. The molecule has 268 valence electrons. The third-order valence-electron chi connectivity index (χ3n) is 6.64. The van der Waals surface area contributed by atoms with Gasteiger partial charge in [0.1, 0.15) is 12.2 Å². The predicted molar refractivity (Wildman–Crippen MR) is 161 cm³/mol. The number of ketones is 1. The van der Waals surface area contributed by atoms with Crippen LogP contribution in [0, 0.1) is 0 Å². The van der Waals surface area contributed by atoms with Gasteiger partial charge in [0, 0.05) is 45.4 Å². The number of nitrogens with one attached hydrogen (secondary N) is 2. The van der Waals surface area contributed by atoms with Crippen LogP contribution in [0.2, 0.25) is 0 Å². The number of hydrogen-bond acceptors (Lipinski definition) is 15. The number of aliphatic hydroxyl groups excluding tert-OH is 10. The van der Waals surface area contributed by atoms with Crippen LogP contribution in [0.1, 0.15) is 77.6 Å². The van der Waals surface area contributed by atoms with Crippen LogP contribution in [0.5, 0.6) is 0 Å². The van der Waals surface area contributed by atoms with Crippen molar-refractivity contribution in [3.8, 4) is 0 Å². The fourth-order valence-corrected chi connectivity index (χ4v) is 3.87. The van der Waals surface area contributed by atoms with Gasteiger partial charge in [0.05, 0.1) is 19.3 Å². The number of unbranched alkanes of at least 4 members (excludes halogenated alkanes) is 3. The van der Waals surface area contributed by atoms with Crippen molar-refractivity contribution in [1.29, 1.82) is 0 Å². The first-order valence-electron chi connectivity index (χ1n) is 15.2. The van der Waals surface area contributed by atoms with E-state index in [4.69, 9.17) is 19.7 Å². The Bertz CT molecular complexity index is 959. The van der Waals surface area contributed by atoms with Crippen LogP contribution < -0.4 is 10.6 Å². The van der Waals surface area contributed by atoms with Gasteiger partial charge in [-0.15, -0.1) is 0 Å². The molecule has 0 aliphatic rings. The average molecular weight is 669 g/mol. The number of aliphatic hydroxyl groups is 10. The van der Waals surface area contributed by atoms with E-state index in [1.54, 1.807) is 0 Å². The molecule has 0 saturated heterocycles. The molecule has 0 aromatic heterocycles. The van der Waals surface area contributed by atoms with E-state index in [-0.39, 0.29) is 56.5 Å². The van der Waals surface area contributed by atoms with Crippen LogP contribution >= 0.6 is 0 Å². The molecule has 0 aliphatic carbocycles. The summed E-state index contributed by atoms with van der Waals surface area (Å²) < 4.78 is 9.94. The summed E-state index contributed by atoms with van der Waals surface area (Å²) in [5.74, 6) is -4.55. The van der Waals surface area contributed by atoms with Gasteiger partial charge in [-0.05, 0) is 51.9 Å². The summed E-state index contributed by atoms with van der Waals surface area (Å²) in [5, 5.41) is 99.9. The zero-order valence-corrected chi connectivity index (χ0v) is 26.2. The summed E-state index contributed by atoms with van der Waals surface area (Å²) >= 11 is 0. The van der Waals surface area contributed by atoms with Gasteiger partial charge in [-0.25, -0.2) is 0 Å². The second-order valence-corrected chi connectivity index (χ2v) is 10.5. The molecule has 0 spiro atoms. The summed E-state index contributed by atoms with van der Waals surface area (Å²) in [6.45, 7) is 0.717. The molecule has 0 aromatic rings. The van der Waals surface area contributed by atoms with Crippen LogP contribution in [0.4, 0.5) is 0 Å². The van der Waals surface area contributed by atoms with Gasteiger partial charge < -0.3 is 71.2 Å². The first-order chi connectivity index (χ1) is 21.8. The Hall–Kier alpha value is -3.03. The van der Waals surface area contributed by atoms with Crippen LogP contribution in [-0.2, 0) is 23.9 Å². The van der Waals surface area contributed by atoms with Crippen molar-refractivity contribution in [3.05, 3.63) is 23.0 Å². The minimum absolute atomic E-state index is 0.0387. The molecule has 3 unspecified atom stereocenters. The molecule has 12 N–H and O–H groups in total. The SMILES string of the molecule is CC(=O)[C@@H](CCCCNC(=O)CCCCOC(O)/C(O)=C(/O)C(O)CCO)NC(=O)CCCCOC(O)/C(O)=C(/O)[C@@H](O)CCO. The highest BCUT2D eigenvalue weighted by atomic mass is 16.6. The van der Waals surface area contributed by atoms with Crippen LogP contribution in [0.25, 0.3) is 0 Å². The number of ether oxygens (including phenoxy) is 2. The number of Topliss-reactive ketones (excluding diaryl/α,β-unsaturated/α-hetero) is 1. The van der Waals surface area contributed by atoms with Crippen LogP contribution in [0.15, 0.2) is 23.0 Å². The molecular weight excluding hydrogens is 616 g/mol. The summed E-state index contributed by atoms with van der Waals surface area (Å²) in [7, 11) is 0. The first kappa shape index (κ1) is 43.0. The fourth-order valence-electron chi connectivity index (χ4n) is 3.87. The molecule has 0 rings (SSSR count). The molecule has 0 heterocycles. The van der Waals surface area contributed by atoms with Crippen molar-refractivity contribution in [1.82, 2.24) is 10.6 Å². The topological polar surface area (TPSA) is 296 Å². The summed E-state index contributed by atoms with van der Waals surface area (Å²) in [5.41, 5.74) is 0. The van der Waals surface area contributed by atoms with E-state index in [9.17, 15) is 55.2 Å². The van der Waals surface area contributed by atoms with E-state index in [0.29, 0.717) is 51.5 Å². The highest BCUT2D eigenvalue weighted by Gasteiger charge is 2.22. The van der Waals surface area contributed by atoms with Gasteiger partial charge in [-0.3, -0.25) is 14.4 Å². The summed E-state index contributed by atoms with van der Waals surface area (Å²) in [6.07, 6.45) is -4.21. The largest absolute Gasteiger partial charge is 0.506 e. The zero-order chi connectivity index (χ0) is 35.1. The molecule has 0 aliphatic heterocycles. The molecule has 0 aromatic carbocycles. The van der Waals surface area contributed by atoms with Gasteiger partial charge in [0.2, 0.25) is 24.4 Å². The molecule has 17 nitrogen and oxygen atoms in total. The number of hydrogen-bond donors (Lipinski definition) is 12. The lowest BCUT2D eigenvalue weighted by Gasteiger charge is -2.17. The Labute approximate surface area is 267 Å². The fraction of sp³-hybridized carbons (Fsp3) is 0.759. The second-order valence-electron chi connectivity index (χ2n) is 10.5. The third kappa shape index (κ3) is 18.8. The standard InChI is InChI=1S/C29H52N2O15/c1-18(34)19(31-23(38)10-4-7-17-46-29(44)27(42)25(40)21(36)12-15-33)8-2-5-13-30-22(37)9-3-6-16-45-28(43)26(41)24(39)20(35)11-14-32/h19-21,28-29,32-33,35-36,39-44H,2-17H2,1H3,(H,30,37)(H,31,38)/b26-24-,27-25-/t19-,20?,21+,28?,29?/m1/s1. The molecule has 0 fully saturated rings. The molecule has 46 heavy (non-hydrogen) atoms. The average Bonchev–Trinajstić information content (AvgIpc) is 3.01. The summed E-state index contributed by atoms with van der Waals surface area (Å²) in [4.78, 5) is 36.2. The van der Waals surface area contributed by atoms with Crippen LogP contribution in [-0.4, -0.2) is 132 Å². The van der Waals surface area contributed by atoms with Gasteiger partial charge >= 0.3 is 0 Å². The lowest BCUT2D eigenvalue weighted by Crippen LogP contribution is -2.39. The van der Waals surface area contributed by atoms with E-state index in [1.807, 2.05) is 0 Å². The number of carbonyl (C=O) groups is 3. The zero-order valence-electron chi connectivity index (χ0n) is 26.2. The Morgan fingerprint density at radius 3 is 1.50 bits per heavy atom.